The summed E-state index contributed by atoms with van der Waals surface area (Å²) in [7, 11) is 0. The van der Waals surface area contributed by atoms with Crippen LogP contribution in [0, 0.1) is 5.92 Å². The van der Waals surface area contributed by atoms with Crippen molar-refractivity contribution in [2.24, 2.45) is 11.7 Å². The standard InChI is InChI=1S/C13H16F3NO3/c14-13(15,16)20-8-4-5-10(18)9(6-8)11(17)12(19)7-2-1-3-7/h4-7,11-12,18-19H,1-3,17H2/t11-,12+/m0/s1. The van der Waals surface area contributed by atoms with Gasteiger partial charge in [0.05, 0.1) is 12.1 Å². The zero-order valence-corrected chi connectivity index (χ0v) is 10.6. The zero-order valence-electron chi connectivity index (χ0n) is 10.6. The molecule has 2 rings (SSSR count). The molecule has 7 heteroatoms. The van der Waals surface area contributed by atoms with Gasteiger partial charge in [-0.2, -0.15) is 0 Å². The van der Waals surface area contributed by atoms with E-state index in [0.717, 1.165) is 37.5 Å². The zero-order chi connectivity index (χ0) is 14.9. The minimum atomic E-state index is -4.81. The molecule has 1 aliphatic rings. The van der Waals surface area contributed by atoms with Crippen LogP contribution in [0.15, 0.2) is 18.2 Å². The van der Waals surface area contributed by atoms with Gasteiger partial charge in [-0.05, 0) is 37.0 Å². The van der Waals surface area contributed by atoms with Crippen molar-refractivity contribution >= 4 is 0 Å². The van der Waals surface area contributed by atoms with E-state index in [9.17, 15) is 23.4 Å². The van der Waals surface area contributed by atoms with Crippen LogP contribution >= 0.6 is 0 Å². The number of benzene rings is 1. The van der Waals surface area contributed by atoms with Crippen LogP contribution in [-0.4, -0.2) is 22.7 Å². The average molecular weight is 291 g/mol. The third kappa shape index (κ3) is 3.34. The van der Waals surface area contributed by atoms with Gasteiger partial charge in [0.2, 0.25) is 0 Å². The molecule has 0 radical (unpaired) electrons. The summed E-state index contributed by atoms with van der Waals surface area (Å²) in [6.45, 7) is 0. The van der Waals surface area contributed by atoms with Crippen molar-refractivity contribution in [3.63, 3.8) is 0 Å². The molecule has 1 aliphatic carbocycles. The van der Waals surface area contributed by atoms with Gasteiger partial charge < -0.3 is 20.7 Å². The molecule has 1 aromatic rings. The molecule has 0 unspecified atom stereocenters. The molecule has 4 nitrogen and oxygen atoms in total. The summed E-state index contributed by atoms with van der Waals surface area (Å²) in [6, 6.07) is 2.13. The van der Waals surface area contributed by atoms with Crippen LogP contribution in [0.2, 0.25) is 0 Å². The summed E-state index contributed by atoms with van der Waals surface area (Å²) in [4.78, 5) is 0. The Balaban J connectivity index is 2.18. The summed E-state index contributed by atoms with van der Waals surface area (Å²) in [6.07, 6.45) is -3.05. The van der Waals surface area contributed by atoms with E-state index in [4.69, 9.17) is 5.73 Å². The Morgan fingerprint density at radius 1 is 1.30 bits per heavy atom. The van der Waals surface area contributed by atoms with Crippen molar-refractivity contribution in [3.8, 4) is 11.5 Å². The second-order valence-electron chi connectivity index (χ2n) is 4.98. The third-order valence-corrected chi connectivity index (χ3v) is 3.59. The predicted octanol–water partition coefficient (Wildman–Crippen LogP) is 2.45. The number of nitrogens with two attached hydrogens (primary N) is 1. The van der Waals surface area contributed by atoms with Gasteiger partial charge in [-0.3, -0.25) is 0 Å². The van der Waals surface area contributed by atoms with Gasteiger partial charge >= 0.3 is 6.36 Å². The first-order valence-corrected chi connectivity index (χ1v) is 6.30. The molecule has 20 heavy (non-hydrogen) atoms. The molecule has 0 saturated heterocycles. The summed E-state index contributed by atoms with van der Waals surface area (Å²) in [5.74, 6) is -0.705. The molecule has 0 spiro atoms. The van der Waals surface area contributed by atoms with Crippen LogP contribution in [0.3, 0.4) is 0 Å². The Hall–Kier alpha value is -1.47. The first-order valence-electron chi connectivity index (χ1n) is 6.30. The lowest BCUT2D eigenvalue weighted by Gasteiger charge is -2.34. The highest BCUT2D eigenvalue weighted by atomic mass is 19.4. The van der Waals surface area contributed by atoms with Crippen LogP contribution in [0.1, 0.15) is 30.9 Å². The number of aromatic hydroxyl groups is 1. The Kier molecular flexibility index (Phi) is 4.10. The average Bonchev–Trinajstić information content (AvgIpc) is 2.26. The highest BCUT2D eigenvalue weighted by Gasteiger charge is 2.34. The van der Waals surface area contributed by atoms with Gasteiger partial charge in [0.25, 0.3) is 0 Å². The maximum atomic E-state index is 12.2. The van der Waals surface area contributed by atoms with Crippen LogP contribution < -0.4 is 10.5 Å². The number of rotatable bonds is 4. The highest BCUT2D eigenvalue weighted by Crippen LogP contribution is 2.38. The molecule has 4 N–H and O–H groups in total. The number of alkyl halides is 3. The van der Waals surface area contributed by atoms with Crippen molar-refractivity contribution in [2.75, 3.05) is 0 Å². The molecule has 0 bridgehead atoms. The molecule has 1 aromatic carbocycles. The number of phenolic OH excluding ortho intramolecular Hbond substituents is 1. The summed E-state index contributed by atoms with van der Waals surface area (Å²) >= 11 is 0. The fourth-order valence-electron chi connectivity index (χ4n) is 2.26. The monoisotopic (exact) mass is 291 g/mol. The quantitative estimate of drug-likeness (QED) is 0.796. The second kappa shape index (κ2) is 5.49. The van der Waals surface area contributed by atoms with E-state index in [1.54, 1.807) is 0 Å². The topological polar surface area (TPSA) is 75.7 Å². The molecule has 112 valence electrons. The van der Waals surface area contributed by atoms with E-state index in [1.165, 1.54) is 0 Å². The van der Waals surface area contributed by atoms with E-state index < -0.39 is 24.3 Å². The predicted molar refractivity (Wildman–Crippen MR) is 65.1 cm³/mol. The van der Waals surface area contributed by atoms with Crippen molar-refractivity contribution in [3.05, 3.63) is 23.8 Å². The normalized spacial score (nSPS) is 19.2. The SMILES string of the molecule is N[C@@H](c1cc(OC(F)(F)F)ccc1O)[C@H](O)C1CCC1. The fourth-order valence-corrected chi connectivity index (χ4v) is 2.26. The number of aliphatic hydroxyl groups excluding tert-OH is 1. The van der Waals surface area contributed by atoms with Crippen molar-refractivity contribution in [1.29, 1.82) is 0 Å². The van der Waals surface area contributed by atoms with E-state index in [1.807, 2.05) is 0 Å². The van der Waals surface area contributed by atoms with Gasteiger partial charge in [0.1, 0.15) is 11.5 Å². The lowest BCUT2D eigenvalue weighted by molar-refractivity contribution is -0.274. The number of phenols is 1. The third-order valence-electron chi connectivity index (χ3n) is 3.59. The molecular formula is C13H16F3NO3. The van der Waals surface area contributed by atoms with Crippen LogP contribution in [0.25, 0.3) is 0 Å². The lowest BCUT2D eigenvalue weighted by Crippen LogP contribution is -2.36. The minimum Gasteiger partial charge on any atom is -0.508 e. The Labute approximate surface area is 114 Å². The van der Waals surface area contributed by atoms with Gasteiger partial charge in [-0.25, -0.2) is 0 Å². The van der Waals surface area contributed by atoms with E-state index in [0.29, 0.717) is 0 Å². The van der Waals surface area contributed by atoms with Gasteiger partial charge in [0, 0.05) is 5.56 Å². The number of halogens is 3. The second-order valence-corrected chi connectivity index (χ2v) is 4.98. The van der Waals surface area contributed by atoms with Gasteiger partial charge in [0.15, 0.2) is 0 Å². The molecule has 1 fully saturated rings. The van der Waals surface area contributed by atoms with Crippen LogP contribution in [-0.2, 0) is 0 Å². The highest BCUT2D eigenvalue weighted by molar-refractivity contribution is 5.41. The largest absolute Gasteiger partial charge is 0.573 e. The molecule has 0 aromatic heterocycles. The Morgan fingerprint density at radius 2 is 1.95 bits per heavy atom. The summed E-state index contributed by atoms with van der Waals surface area (Å²) < 4.78 is 40.3. The molecular weight excluding hydrogens is 275 g/mol. The van der Waals surface area contributed by atoms with Crippen LogP contribution in [0.4, 0.5) is 13.2 Å². The van der Waals surface area contributed by atoms with E-state index in [2.05, 4.69) is 4.74 Å². The summed E-state index contributed by atoms with van der Waals surface area (Å²) in [5, 5.41) is 19.7. The fraction of sp³-hybridized carbons (Fsp3) is 0.538. The molecule has 1 saturated carbocycles. The minimum absolute atomic E-state index is 0.0246. The molecule has 0 heterocycles. The number of hydrogen-bond acceptors (Lipinski definition) is 4. The van der Waals surface area contributed by atoms with Crippen LogP contribution in [0.5, 0.6) is 11.5 Å². The smallest absolute Gasteiger partial charge is 0.508 e. The lowest BCUT2D eigenvalue weighted by atomic mass is 9.77. The summed E-state index contributed by atoms with van der Waals surface area (Å²) in [5.41, 5.74) is 5.88. The van der Waals surface area contributed by atoms with E-state index >= 15 is 0 Å². The Bertz CT molecular complexity index is 474. The van der Waals surface area contributed by atoms with Crippen molar-refractivity contribution in [2.45, 2.75) is 37.8 Å². The Morgan fingerprint density at radius 3 is 2.45 bits per heavy atom. The van der Waals surface area contributed by atoms with Crippen molar-refractivity contribution < 1.29 is 28.1 Å². The molecule has 2 atom stereocenters. The number of hydrogen-bond donors (Lipinski definition) is 3. The maximum absolute atomic E-state index is 12.2. The molecule has 0 amide bonds. The first-order chi connectivity index (χ1) is 9.28. The maximum Gasteiger partial charge on any atom is 0.573 e. The number of ether oxygens (including phenoxy) is 1. The molecule has 0 aliphatic heterocycles. The van der Waals surface area contributed by atoms with Crippen molar-refractivity contribution in [1.82, 2.24) is 0 Å². The van der Waals surface area contributed by atoms with Gasteiger partial charge in [-0.1, -0.05) is 6.42 Å². The van der Waals surface area contributed by atoms with E-state index in [-0.39, 0.29) is 17.2 Å². The van der Waals surface area contributed by atoms with Gasteiger partial charge in [-0.15, -0.1) is 13.2 Å². The number of aliphatic hydroxyl groups is 1. The first kappa shape index (κ1) is 14.9.